The number of aliphatic hydroxyl groups is 1. The van der Waals surface area contributed by atoms with Crippen LogP contribution >= 0.6 is 23.1 Å². The summed E-state index contributed by atoms with van der Waals surface area (Å²) < 4.78 is 32.0. The van der Waals surface area contributed by atoms with Crippen molar-refractivity contribution in [3.8, 4) is 5.75 Å². The Hall–Kier alpha value is -1.75. The molecule has 0 aliphatic heterocycles. The maximum atomic E-state index is 12.5. The van der Waals surface area contributed by atoms with E-state index in [1.54, 1.807) is 41.8 Å². The molecule has 1 aromatic carbocycles. The molecule has 1 heterocycles. The fourth-order valence-corrected chi connectivity index (χ4v) is 5.39. The van der Waals surface area contributed by atoms with Gasteiger partial charge in [0.05, 0.1) is 12.3 Å². The third kappa shape index (κ3) is 5.63. The third-order valence-corrected chi connectivity index (χ3v) is 8.43. The Kier molecular flexibility index (Phi) is 8.17. The maximum absolute atomic E-state index is 12.5. The van der Waals surface area contributed by atoms with Gasteiger partial charge in [-0.1, -0.05) is 6.07 Å². The Morgan fingerprint density at radius 1 is 1.32 bits per heavy atom. The molecule has 154 valence electrons. The van der Waals surface area contributed by atoms with Gasteiger partial charge in [-0.05, 0) is 48.9 Å². The first-order valence-corrected chi connectivity index (χ1v) is 12.1. The van der Waals surface area contributed by atoms with E-state index >= 15 is 0 Å². The quantitative estimate of drug-likeness (QED) is 0.583. The molecule has 0 radical (unpaired) electrons. The Morgan fingerprint density at radius 3 is 2.54 bits per heavy atom. The van der Waals surface area contributed by atoms with Gasteiger partial charge in [-0.15, -0.1) is 11.3 Å². The van der Waals surface area contributed by atoms with Crippen molar-refractivity contribution in [2.45, 2.75) is 22.4 Å². The van der Waals surface area contributed by atoms with Gasteiger partial charge in [0.15, 0.2) is 6.61 Å². The molecule has 2 atom stereocenters. The number of anilines is 1. The van der Waals surface area contributed by atoms with Crippen LogP contribution in [-0.2, 0) is 14.8 Å². The molecule has 1 aromatic heterocycles. The molecule has 7 nitrogen and oxygen atoms in total. The summed E-state index contributed by atoms with van der Waals surface area (Å²) in [5.74, 6) is 0.165. The first-order valence-electron chi connectivity index (χ1n) is 8.48. The largest absolute Gasteiger partial charge is 0.484 e. The fraction of sp³-hybridized carbons (Fsp3) is 0.389. The van der Waals surface area contributed by atoms with Crippen molar-refractivity contribution in [3.63, 3.8) is 0 Å². The minimum absolute atomic E-state index is 0.0210. The van der Waals surface area contributed by atoms with Crippen molar-refractivity contribution in [1.29, 1.82) is 0 Å². The number of carbonyl (C=O) groups excluding carboxylic acids is 1. The topological polar surface area (TPSA) is 95.9 Å². The number of sulfonamides is 1. The van der Waals surface area contributed by atoms with Crippen LogP contribution in [0.5, 0.6) is 5.75 Å². The molecule has 10 heteroatoms. The number of thioether (sulfide) groups is 1. The molecule has 0 saturated heterocycles. The van der Waals surface area contributed by atoms with E-state index in [0.29, 0.717) is 11.4 Å². The number of ether oxygens (including phenoxy) is 1. The normalized spacial score (nSPS) is 13.6. The van der Waals surface area contributed by atoms with E-state index in [1.807, 2.05) is 13.2 Å². The van der Waals surface area contributed by atoms with E-state index < -0.39 is 10.0 Å². The van der Waals surface area contributed by atoms with Crippen LogP contribution in [0.1, 0.15) is 6.92 Å². The van der Waals surface area contributed by atoms with Crippen LogP contribution in [0, 0.1) is 0 Å². The number of carbonyl (C=O) groups is 1. The summed E-state index contributed by atoms with van der Waals surface area (Å²) >= 11 is 2.64. The molecule has 2 N–H and O–H groups in total. The van der Waals surface area contributed by atoms with Crippen LogP contribution in [0.25, 0.3) is 0 Å². The van der Waals surface area contributed by atoms with Gasteiger partial charge in [0.2, 0.25) is 0 Å². The highest BCUT2D eigenvalue weighted by molar-refractivity contribution is 7.99. The molecule has 0 aliphatic carbocycles. The smallest absolute Gasteiger partial charge is 0.273 e. The highest BCUT2D eigenvalue weighted by atomic mass is 32.2. The predicted octanol–water partition coefficient (Wildman–Crippen LogP) is 2.18. The first-order chi connectivity index (χ1) is 13.3. The van der Waals surface area contributed by atoms with Crippen LogP contribution in [-0.4, -0.2) is 57.2 Å². The van der Waals surface area contributed by atoms with E-state index in [9.17, 15) is 18.3 Å². The van der Waals surface area contributed by atoms with Gasteiger partial charge < -0.3 is 15.2 Å². The lowest BCUT2D eigenvalue weighted by molar-refractivity contribution is -0.123. The number of hydrogen-bond donors (Lipinski definition) is 2. The average molecular weight is 445 g/mol. The van der Waals surface area contributed by atoms with Gasteiger partial charge in [0, 0.05) is 18.3 Å². The molecule has 28 heavy (non-hydrogen) atoms. The highest BCUT2D eigenvalue weighted by Gasteiger charge is 2.22. The van der Waals surface area contributed by atoms with Crippen molar-refractivity contribution < 1.29 is 23.1 Å². The maximum Gasteiger partial charge on any atom is 0.273 e. The molecular weight excluding hydrogens is 420 g/mol. The number of rotatable bonds is 10. The second-order valence-corrected chi connectivity index (χ2v) is 10.2. The van der Waals surface area contributed by atoms with Crippen LogP contribution in [0.3, 0.4) is 0 Å². The Balaban J connectivity index is 1.93. The second kappa shape index (κ2) is 10.1. The Morgan fingerprint density at radius 2 is 2.00 bits per heavy atom. The van der Waals surface area contributed by atoms with Crippen LogP contribution in [0.4, 0.5) is 5.69 Å². The molecule has 0 saturated carbocycles. The second-order valence-electron chi connectivity index (χ2n) is 6.00. The molecule has 2 unspecified atom stereocenters. The van der Waals surface area contributed by atoms with Crippen LogP contribution in [0.2, 0.25) is 0 Å². The van der Waals surface area contributed by atoms with Gasteiger partial charge >= 0.3 is 0 Å². The summed E-state index contributed by atoms with van der Waals surface area (Å²) in [6.07, 6.45) is 1.87. The summed E-state index contributed by atoms with van der Waals surface area (Å²) in [5, 5.41) is 13.7. The lowest BCUT2D eigenvalue weighted by Gasteiger charge is -2.21. The Bertz CT molecular complexity index is 850. The van der Waals surface area contributed by atoms with Gasteiger partial charge in [-0.25, -0.2) is 8.42 Å². The average Bonchev–Trinajstić information content (AvgIpc) is 3.23. The zero-order valence-corrected chi connectivity index (χ0v) is 18.3. The number of amides is 1. The summed E-state index contributed by atoms with van der Waals surface area (Å²) in [6.45, 7) is 1.64. The van der Waals surface area contributed by atoms with E-state index in [4.69, 9.17) is 4.74 Å². The van der Waals surface area contributed by atoms with Crippen LogP contribution < -0.4 is 14.4 Å². The number of hydrogen-bond acceptors (Lipinski definition) is 7. The molecule has 0 fully saturated rings. The molecule has 1 amide bonds. The number of nitrogens with one attached hydrogen (secondary N) is 1. The predicted molar refractivity (Wildman–Crippen MR) is 114 cm³/mol. The van der Waals surface area contributed by atoms with Crippen molar-refractivity contribution in [1.82, 2.24) is 5.32 Å². The van der Waals surface area contributed by atoms with Crippen molar-refractivity contribution in [2.24, 2.45) is 0 Å². The van der Waals surface area contributed by atoms with E-state index in [-0.39, 0.29) is 34.6 Å². The summed E-state index contributed by atoms with van der Waals surface area (Å²) in [5.41, 5.74) is 0.490. The fourth-order valence-electron chi connectivity index (χ4n) is 2.41. The number of benzene rings is 1. The molecule has 0 bridgehead atoms. The SMILES string of the molecule is CSC(CO)C(C)NC(=O)COc1ccc(N(C)S(=O)(=O)c2cccs2)cc1. The standard InChI is InChI=1S/C18H24N2O5S3/c1-13(16(11-21)26-3)19-17(22)12-25-15-8-6-14(7-9-15)20(2)28(23,24)18-5-4-10-27-18/h4-10,13,16,21H,11-12H2,1-3H3,(H,19,22). The molecule has 0 spiro atoms. The van der Waals surface area contributed by atoms with Gasteiger partial charge in [0.25, 0.3) is 15.9 Å². The minimum Gasteiger partial charge on any atom is -0.484 e. The molecular formula is C18H24N2O5S3. The summed E-state index contributed by atoms with van der Waals surface area (Å²) in [6, 6.07) is 9.54. The number of aliphatic hydroxyl groups excluding tert-OH is 1. The monoisotopic (exact) mass is 444 g/mol. The lowest BCUT2D eigenvalue weighted by atomic mass is 10.2. The van der Waals surface area contributed by atoms with E-state index in [0.717, 1.165) is 11.3 Å². The van der Waals surface area contributed by atoms with E-state index in [1.165, 1.54) is 23.1 Å². The van der Waals surface area contributed by atoms with Gasteiger partial charge in [-0.2, -0.15) is 11.8 Å². The summed E-state index contributed by atoms with van der Waals surface area (Å²) in [4.78, 5) is 12.0. The highest BCUT2D eigenvalue weighted by Crippen LogP contribution is 2.26. The number of nitrogens with zero attached hydrogens (tertiary/aromatic N) is 1. The zero-order valence-electron chi connectivity index (χ0n) is 15.9. The van der Waals surface area contributed by atoms with Crippen molar-refractivity contribution in [2.75, 3.05) is 30.8 Å². The third-order valence-electron chi connectivity index (χ3n) is 4.11. The van der Waals surface area contributed by atoms with Gasteiger partial charge in [0.1, 0.15) is 9.96 Å². The zero-order chi connectivity index (χ0) is 20.7. The molecule has 2 aromatic rings. The molecule has 0 aliphatic rings. The minimum atomic E-state index is -3.59. The van der Waals surface area contributed by atoms with Gasteiger partial charge in [-0.3, -0.25) is 9.10 Å². The Labute approximate surface area is 173 Å². The summed E-state index contributed by atoms with van der Waals surface area (Å²) in [7, 11) is -2.10. The van der Waals surface area contributed by atoms with Crippen molar-refractivity contribution >= 4 is 44.7 Å². The van der Waals surface area contributed by atoms with Crippen molar-refractivity contribution in [3.05, 3.63) is 41.8 Å². The number of thiophene rings is 1. The van der Waals surface area contributed by atoms with Crippen LogP contribution in [0.15, 0.2) is 46.0 Å². The lowest BCUT2D eigenvalue weighted by Crippen LogP contribution is -2.43. The van der Waals surface area contributed by atoms with E-state index in [2.05, 4.69) is 5.32 Å². The first kappa shape index (κ1) is 22.5. The molecule has 2 rings (SSSR count).